The smallest absolute Gasteiger partial charge is 0.254 e. The Balaban J connectivity index is 1.69. The highest BCUT2D eigenvalue weighted by Crippen LogP contribution is 2.32. The van der Waals surface area contributed by atoms with Gasteiger partial charge in [-0.15, -0.1) is 11.3 Å². The van der Waals surface area contributed by atoms with Gasteiger partial charge in [-0.2, -0.15) is 0 Å². The zero-order chi connectivity index (χ0) is 20.7. The summed E-state index contributed by atoms with van der Waals surface area (Å²) in [5.74, 6) is -1.06. The zero-order valence-electron chi connectivity index (χ0n) is 16.4. The molecule has 5 nitrogen and oxygen atoms in total. The number of carbonyl (C=O) groups is 2. The Bertz CT molecular complexity index is 1120. The number of fused-ring (bicyclic) bond motifs is 1. The van der Waals surface area contributed by atoms with Crippen molar-refractivity contribution in [2.24, 2.45) is 5.73 Å². The Hall–Kier alpha value is -2.80. The molecule has 0 saturated carbocycles. The second kappa shape index (κ2) is 7.55. The molecule has 1 atom stereocenters. The Morgan fingerprint density at radius 2 is 2.03 bits per heavy atom. The molecule has 2 amide bonds. The summed E-state index contributed by atoms with van der Waals surface area (Å²) in [7, 11) is 0. The lowest BCUT2D eigenvalue weighted by molar-refractivity contribution is 0.0705. The van der Waals surface area contributed by atoms with E-state index in [1.165, 1.54) is 12.1 Å². The number of aromatic nitrogens is 1. The largest absolute Gasteiger partial charge is 0.366 e. The quantitative estimate of drug-likeness (QED) is 0.703. The summed E-state index contributed by atoms with van der Waals surface area (Å²) in [5, 5.41) is 2.45. The highest BCUT2D eigenvalue weighted by molar-refractivity contribution is 7.10. The molecule has 150 valence electrons. The van der Waals surface area contributed by atoms with Crippen LogP contribution in [0.3, 0.4) is 0 Å². The van der Waals surface area contributed by atoms with Crippen molar-refractivity contribution in [2.75, 3.05) is 13.1 Å². The standard InChI is InChI=1S/C22H22FN3O2S/c1-12-13(2)29-11-18(12)22(28)26-7-3-4-14(10-26)20-17(21(24)27)9-15-8-16(23)5-6-19(15)25-20/h5-6,8-9,11,14H,3-4,7,10H2,1-2H3,(H2,24,27). The third-order valence-electron chi connectivity index (χ3n) is 5.68. The number of rotatable bonds is 3. The summed E-state index contributed by atoms with van der Waals surface area (Å²) in [6, 6.07) is 5.90. The van der Waals surface area contributed by atoms with E-state index in [4.69, 9.17) is 5.73 Å². The molecule has 1 fully saturated rings. The lowest BCUT2D eigenvalue weighted by Crippen LogP contribution is -2.40. The van der Waals surface area contributed by atoms with Crippen LogP contribution >= 0.6 is 11.3 Å². The number of hydrogen-bond acceptors (Lipinski definition) is 4. The minimum atomic E-state index is -0.591. The number of piperidine rings is 1. The minimum Gasteiger partial charge on any atom is -0.366 e. The first kappa shape index (κ1) is 19.5. The Morgan fingerprint density at radius 3 is 2.72 bits per heavy atom. The zero-order valence-corrected chi connectivity index (χ0v) is 17.2. The molecule has 1 aromatic carbocycles. The number of nitrogens with two attached hydrogens (primary N) is 1. The van der Waals surface area contributed by atoms with Crippen molar-refractivity contribution in [3.8, 4) is 0 Å². The molecule has 2 aromatic heterocycles. The molecule has 1 saturated heterocycles. The maximum absolute atomic E-state index is 13.6. The maximum atomic E-state index is 13.6. The van der Waals surface area contributed by atoms with Gasteiger partial charge in [-0.25, -0.2) is 4.39 Å². The number of nitrogens with zero attached hydrogens (tertiary/aromatic N) is 2. The topological polar surface area (TPSA) is 76.3 Å². The van der Waals surface area contributed by atoms with E-state index >= 15 is 0 Å². The number of amides is 2. The van der Waals surface area contributed by atoms with Crippen LogP contribution < -0.4 is 5.73 Å². The molecule has 4 rings (SSSR count). The molecule has 0 spiro atoms. The normalized spacial score (nSPS) is 16.9. The average molecular weight is 412 g/mol. The lowest BCUT2D eigenvalue weighted by atomic mass is 9.90. The van der Waals surface area contributed by atoms with E-state index in [2.05, 4.69) is 4.98 Å². The van der Waals surface area contributed by atoms with Crippen LogP contribution in [0, 0.1) is 19.7 Å². The molecule has 2 N–H and O–H groups in total. The molecule has 3 heterocycles. The van der Waals surface area contributed by atoms with E-state index in [1.807, 2.05) is 24.1 Å². The summed E-state index contributed by atoms with van der Waals surface area (Å²) >= 11 is 1.58. The van der Waals surface area contributed by atoms with Crippen LogP contribution in [0.4, 0.5) is 4.39 Å². The van der Waals surface area contributed by atoms with Gasteiger partial charge in [0.25, 0.3) is 11.8 Å². The Kier molecular flexibility index (Phi) is 5.08. The fourth-order valence-corrected chi connectivity index (χ4v) is 4.81. The number of thiophene rings is 1. The number of pyridine rings is 1. The van der Waals surface area contributed by atoms with Gasteiger partial charge in [0.05, 0.1) is 22.3 Å². The Labute approximate surface area is 172 Å². The van der Waals surface area contributed by atoms with Gasteiger partial charge in [-0.3, -0.25) is 14.6 Å². The number of primary amides is 1. The second-order valence-corrected chi connectivity index (χ2v) is 8.63. The first-order valence-electron chi connectivity index (χ1n) is 9.59. The number of carbonyl (C=O) groups excluding carboxylic acids is 2. The van der Waals surface area contributed by atoms with Gasteiger partial charge in [0, 0.05) is 34.7 Å². The SMILES string of the molecule is Cc1scc(C(=O)N2CCCC(c3nc4ccc(F)cc4cc3C(N)=O)C2)c1C. The van der Waals surface area contributed by atoms with Crippen molar-refractivity contribution in [3.63, 3.8) is 0 Å². The van der Waals surface area contributed by atoms with Crippen LogP contribution in [0.5, 0.6) is 0 Å². The van der Waals surface area contributed by atoms with E-state index in [0.29, 0.717) is 35.2 Å². The summed E-state index contributed by atoms with van der Waals surface area (Å²) < 4.78 is 13.6. The molecule has 1 aliphatic rings. The van der Waals surface area contributed by atoms with Gasteiger partial charge < -0.3 is 10.6 Å². The van der Waals surface area contributed by atoms with E-state index < -0.39 is 11.7 Å². The van der Waals surface area contributed by atoms with Crippen molar-refractivity contribution in [1.29, 1.82) is 0 Å². The average Bonchev–Trinajstić information content (AvgIpc) is 3.05. The van der Waals surface area contributed by atoms with Gasteiger partial charge in [0.15, 0.2) is 0 Å². The van der Waals surface area contributed by atoms with E-state index in [9.17, 15) is 14.0 Å². The summed E-state index contributed by atoms with van der Waals surface area (Å²) in [6.45, 7) is 5.13. The van der Waals surface area contributed by atoms with Crippen molar-refractivity contribution < 1.29 is 14.0 Å². The second-order valence-electron chi connectivity index (χ2n) is 7.54. The van der Waals surface area contributed by atoms with Crippen molar-refractivity contribution in [1.82, 2.24) is 9.88 Å². The van der Waals surface area contributed by atoms with E-state index in [0.717, 1.165) is 28.8 Å². The fraction of sp³-hybridized carbons (Fsp3) is 0.318. The minimum absolute atomic E-state index is 0.0139. The number of hydrogen-bond donors (Lipinski definition) is 1. The third-order valence-corrected chi connectivity index (χ3v) is 6.70. The van der Waals surface area contributed by atoms with E-state index in [-0.39, 0.29) is 11.8 Å². The first-order chi connectivity index (χ1) is 13.8. The monoisotopic (exact) mass is 411 g/mol. The van der Waals surface area contributed by atoms with Crippen molar-refractivity contribution in [2.45, 2.75) is 32.6 Å². The molecule has 1 aliphatic heterocycles. The molecule has 1 unspecified atom stereocenters. The highest BCUT2D eigenvalue weighted by atomic mass is 32.1. The predicted molar refractivity (Wildman–Crippen MR) is 112 cm³/mol. The predicted octanol–water partition coefficient (Wildman–Crippen LogP) is 4.17. The van der Waals surface area contributed by atoms with Crippen LogP contribution in [0.25, 0.3) is 10.9 Å². The molecule has 0 radical (unpaired) electrons. The van der Waals surface area contributed by atoms with Crippen molar-refractivity contribution >= 4 is 34.1 Å². The molecule has 29 heavy (non-hydrogen) atoms. The number of aryl methyl sites for hydroxylation is 1. The molecule has 0 bridgehead atoms. The lowest BCUT2D eigenvalue weighted by Gasteiger charge is -2.33. The number of likely N-dealkylation sites (tertiary alicyclic amines) is 1. The molecule has 3 aromatic rings. The fourth-order valence-electron chi connectivity index (χ4n) is 3.95. The molecular formula is C22H22FN3O2S. The van der Waals surface area contributed by atoms with Gasteiger partial charge in [0.2, 0.25) is 0 Å². The van der Waals surface area contributed by atoms with Gasteiger partial charge in [-0.1, -0.05) is 0 Å². The molecular weight excluding hydrogens is 389 g/mol. The molecule has 0 aliphatic carbocycles. The number of halogens is 1. The molecule has 7 heteroatoms. The van der Waals surface area contributed by atoms with Crippen LogP contribution in [0.1, 0.15) is 55.6 Å². The van der Waals surface area contributed by atoms with E-state index in [1.54, 1.807) is 23.5 Å². The maximum Gasteiger partial charge on any atom is 0.254 e. The summed E-state index contributed by atoms with van der Waals surface area (Å²) in [6.07, 6.45) is 1.63. The van der Waals surface area contributed by atoms with Gasteiger partial charge in [-0.05, 0) is 56.5 Å². The van der Waals surface area contributed by atoms with Crippen LogP contribution in [0.15, 0.2) is 29.6 Å². The van der Waals surface area contributed by atoms with Gasteiger partial charge in [0.1, 0.15) is 5.82 Å². The number of benzene rings is 1. The first-order valence-corrected chi connectivity index (χ1v) is 10.5. The van der Waals surface area contributed by atoms with Gasteiger partial charge >= 0.3 is 0 Å². The van der Waals surface area contributed by atoms with Crippen molar-refractivity contribution in [3.05, 3.63) is 62.7 Å². The van der Waals surface area contributed by atoms with Crippen LogP contribution in [-0.4, -0.2) is 34.8 Å². The van der Waals surface area contributed by atoms with Crippen LogP contribution in [0.2, 0.25) is 0 Å². The summed E-state index contributed by atoms with van der Waals surface area (Å²) in [5.41, 5.74) is 8.86. The third kappa shape index (κ3) is 3.62. The highest BCUT2D eigenvalue weighted by Gasteiger charge is 2.30. The summed E-state index contributed by atoms with van der Waals surface area (Å²) in [4.78, 5) is 32.8. The van der Waals surface area contributed by atoms with Crippen LogP contribution in [-0.2, 0) is 0 Å². The Morgan fingerprint density at radius 1 is 1.24 bits per heavy atom.